The number of unbranched alkanes of at least 4 members (excludes halogenated alkanes) is 2. The lowest BCUT2D eigenvalue weighted by molar-refractivity contribution is 0.504. The molecule has 0 radical (unpaired) electrons. The molecule has 4 aromatic carbocycles. The molecule has 3 aliphatic rings. The first-order valence-electron chi connectivity index (χ1n) is 18.9. The normalized spacial score (nSPS) is 17.5. The Morgan fingerprint density at radius 3 is 1.15 bits per heavy atom. The molecule has 1 aliphatic carbocycles. The Morgan fingerprint density at radius 2 is 0.827 bits per heavy atom. The van der Waals surface area contributed by atoms with Crippen molar-refractivity contribution in [2.24, 2.45) is 9.98 Å². The third-order valence-corrected chi connectivity index (χ3v) is 9.30. The maximum atomic E-state index is 9.68. The Kier molecular flexibility index (Phi) is 14.6. The number of nitrogens with zero attached hydrogens (tertiary/aromatic N) is 4. The van der Waals surface area contributed by atoms with E-state index in [1.54, 1.807) is 0 Å². The fraction of sp³-hybridized carbons (Fsp3) is 0.304. The number of rotatable bonds is 8. The van der Waals surface area contributed by atoms with Crippen molar-refractivity contribution in [2.45, 2.75) is 78.1 Å². The number of benzene rings is 4. The molecular weight excluding hydrogens is 637 g/mol. The summed E-state index contributed by atoms with van der Waals surface area (Å²) in [6, 6.07) is 40.4. The summed E-state index contributed by atoms with van der Waals surface area (Å²) in [4.78, 5) is 9.35. The van der Waals surface area contributed by atoms with Crippen LogP contribution in [0.1, 0.15) is 111 Å². The van der Waals surface area contributed by atoms with Gasteiger partial charge in [0.1, 0.15) is 23.8 Å². The zero-order chi connectivity index (χ0) is 36.4. The molecule has 0 aromatic heterocycles. The van der Waals surface area contributed by atoms with E-state index in [0.717, 1.165) is 95.2 Å². The number of nitrogens with one attached hydrogen (secondary N) is 2. The largest absolute Gasteiger partial charge is 0.338 e. The molecule has 1 saturated carbocycles. The number of hydrogen-bond acceptors (Lipinski definition) is 4. The zero-order valence-corrected chi connectivity index (χ0v) is 30.7. The molecule has 0 unspecified atom stereocenters. The summed E-state index contributed by atoms with van der Waals surface area (Å²) in [5.41, 5.74) is 9.08. The molecule has 264 valence electrons. The molecule has 6 nitrogen and oxygen atoms in total. The Balaban J connectivity index is 0.000000173. The number of nitriles is 2. The molecule has 2 aliphatic heterocycles. The van der Waals surface area contributed by atoms with Crippen LogP contribution in [0.15, 0.2) is 119 Å². The van der Waals surface area contributed by atoms with Crippen LogP contribution in [0.25, 0.3) is 22.5 Å². The van der Waals surface area contributed by atoms with Crippen molar-refractivity contribution in [3.05, 3.63) is 143 Å². The smallest absolute Gasteiger partial charge is 0.133 e. The van der Waals surface area contributed by atoms with Gasteiger partial charge in [-0.25, -0.2) is 0 Å². The van der Waals surface area contributed by atoms with Crippen LogP contribution in [0, 0.1) is 22.7 Å². The molecule has 0 atom stereocenters. The van der Waals surface area contributed by atoms with Gasteiger partial charge in [0.2, 0.25) is 0 Å². The van der Waals surface area contributed by atoms with Gasteiger partial charge in [-0.1, -0.05) is 174 Å². The summed E-state index contributed by atoms with van der Waals surface area (Å²) < 4.78 is 0. The number of hydrogen-bond donors (Lipinski definition) is 2. The monoisotopic (exact) mass is 686 g/mol. The van der Waals surface area contributed by atoms with Gasteiger partial charge in [0, 0.05) is 35.3 Å². The minimum atomic E-state index is 0.652. The third kappa shape index (κ3) is 9.74. The van der Waals surface area contributed by atoms with E-state index in [-0.39, 0.29) is 0 Å². The fourth-order valence-corrected chi connectivity index (χ4v) is 6.46. The molecule has 0 saturated heterocycles. The molecule has 2 heterocycles. The van der Waals surface area contributed by atoms with E-state index < -0.39 is 0 Å². The van der Waals surface area contributed by atoms with Crippen LogP contribution in [-0.4, -0.2) is 24.8 Å². The van der Waals surface area contributed by atoms with Gasteiger partial charge in [0.15, 0.2) is 0 Å². The van der Waals surface area contributed by atoms with E-state index in [2.05, 4.69) is 58.7 Å². The molecule has 0 amide bonds. The van der Waals surface area contributed by atoms with Gasteiger partial charge >= 0.3 is 0 Å². The van der Waals surface area contributed by atoms with Crippen molar-refractivity contribution in [1.29, 1.82) is 10.5 Å². The number of allylic oxidation sites excluding steroid dienone is 2. The Morgan fingerprint density at radius 1 is 0.500 bits per heavy atom. The van der Waals surface area contributed by atoms with Crippen LogP contribution in [-0.2, 0) is 0 Å². The van der Waals surface area contributed by atoms with Crippen LogP contribution in [0.5, 0.6) is 0 Å². The maximum Gasteiger partial charge on any atom is 0.133 e. The van der Waals surface area contributed by atoms with Crippen molar-refractivity contribution in [1.82, 2.24) is 10.6 Å². The maximum absolute atomic E-state index is 9.68. The molecule has 0 bridgehead atoms. The van der Waals surface area contributed by atoms with E-state index in [1.807, 2.05) is 97.1 Å². The molecular formula is C46H50N6. The molecule has 1 fully saturated rings. The second-order valence-electron chi connectivity index (χ2n) is 13.1. The van der Waals surface area contributed by atoms with Crippen LogP contribution in [0.3, 0.4) is 0 Å². The SMILES string of the molecule is C1CCCCC1.CCCCN=C1N/C(=C(/C#N)c2ccccc2)c2ccccc21.CCCCN=C1N/C(=C(/C#N)c2ccccc2)c2ccccc21. The quantitative estimate of drug-likeness (QED) is 0.142. The van der Waals surface area contributed by atoms with Gasteiger partial charge < -0.3 is 10.6 Å². The van der Waals surface area contributed by atoms with Crippen molar-refractivity contribution in [3.63, 3.8) is 0 Å². The average Bonchev–Trinajstić information content (AvgIpc) is 3.76. The first-order chi connectivity index (χ1) is 25.7. The predicted octanol–water partition coefficient (Wildman–Crippen LogP) is 10.8. The second kappa shape index (κ2) is 20.2. The standard InChI is InChI=1S/2C20H19N3.C6H12/c2*1-2-3-13-22-20-17-12-8-7-11-16(17)19(23-20)18(14-21)15-9-5-4-6-10-15;1-2-4-6-5-3-1/h2*4-12H,2-3,13H2,1H3,(H,22,23);1-6H2/b2*19-18-;. The summed E-state index contributed by atoms with van der Waals surface area (Å²) in [7, 11) is 0. The van der Waals surface area contributed by atoms with Crippen molar-refractivity contribution < 1.29 is 0 Å². The zero-order valence-electron chi connectivity index (χ0n) is 30.7. The Hall–Kier alpha value is -5.72. The highest BCUT2D eigenvalue weighted by atomic mass is 15.0. The highest BCUT2D eigenvalue weighted by Gasteiger charge is 2.26. The molecule has 2 N–H and O–H groups in total. The summed E-state index contributed by atoms with van der Waals surface area (Å²) in [6.07, 6.45) is 13.4. The third-order valence-electron chi connectivity index (χ3n) is 9.30. The predicted molar refractivity (Wildman–Crippen MR) is 217 cm³/mol. The number of fused-ring (bicyclic) bond motifs is 2. The van der Waals surface area contributed by atoms with Crippen molar-refractivity contribution >= 4 is 34.2 Å². The Labute approximate surface area is 310 Å². The van der Waals surface area contributed by atoms with E-state index >= 15 is 0 Å². The molecule has 7 rings (SSSR count). The fourth-order valence-electron chi connectivity index (χ4n) is 6.46. The van der Waals surface area contributed by atoms with Gasteiger partial charge in [0.25, 0.3) is 0 Å². The first-order valence-corrected chi connectivity index (χ1v) is 18.9. The lowest BCUT2D eigenvalue weighted by Crippen LogP contribution is -2.15. The number of aliphatic imine (C=N–C) groups is 2. The van der Waals surface area contributed by atoms with Crippen LogP contribution in [0.2, 0.25) is 0 Å². The van der Waals surface area contributed by atoms with Crippen molar-refractivity contribution in [2.75, 3.05) is 13.1 Å². The summed E-state index contributed by atoms with van der Waals surface area (Å²) in [6.45, 7) is 5.91. The lowest BCUT2D eigenvalue weighted by Gasteiger charge is -2.06. The van der Waals surface area contributed by atoms with E-state index in [0.29, 0.717) is 11.1 Å². The molecule has 0 spiro atoms. The van der Waals surface area contributed by atoms with E-state index in [4.69, 9.17) is 0 Å². The van der Waals surface area contributed by atoms with Gasteiger partial charge in [-0.15, -0.1) is 0 Å². The summed E-state index contributed by atoms with van der Waals surface area (Å²) in [5, 5.41) is 26.1. The second-order valence-corrected chi connectivity index (χ2v) is 13.1. The number of amidine groups is 2. The first kappa shape index (κ1) is 37.5. The molecule has 4 aromatic rings. The molecule has 52 heavy (non-hydrogen) atoms. The summed E-state index contributed by atoms with van der Waals surface area (Å²) in [5.74, 6) is 1.74. The lowest BCUT2D eigenvalue weighted by atomic mass is 10.00. The minimum absolute atomic E-state index is 0.652. The Bertz CT molecular complexity index is 1820. The highest BCUT2D eigenvalue weighted by Crippen LogP contribution is 2.32. The average molecular weight is 687 g/mol. The van der Waals surface area contributed by atoms with E-state index in [9.17, 15) is 10.5 Å². The van der Waals surface area contributed by atoms with Gasteiger partial charge in [0.05, 0.1) is 22.5 Å². The van der Waals surface area contributed by atoms with Gasteiger partial charge in [-0.05, 0) is 24.0 Å². The van der Waals surface area contributed by atoms with Crippen molar-refractivity contribution in [3.8, 4) is 12.1 Å². The summed E-state index contributed by atoms with van der Waals surface area (Å²) >= 11 is 0. The van der Waals surface area contributed by atoms with E-state index in [1.165, 1.54) is 38.5 Å². The topological polar surface area (TPSA) is 96.4 Å². The highest BCUT2D eigenvalue weighted by molar-refractivity contribution is 6.18. The van der Waals surface area contributed by atoms with Crippen LogP contribution in [0.4, 0.5) is 0 Å². The van der Waals surface area contributed by atoms with Crippen LogP contribution >= 0.6 is 0 Å². The molecule has 6 heteroatoms. The van der Waals surface area contributed by atoms with Crippen LogP contribution < -0.4 is 10.6 Å². The van der Waals surface area contributed by atoms with Gasteiger partial charge in [-0.3, -0.25) is 9.98 Å². The minimum Gasteiger partial charge on any atom is -0.338 e. The van der Waals surface area contributed by atoms with Gasteiger partial charge in [-0.2, -0.15) is 10.5 Å².